The minimum absolute atomic E-state index is 0.0557. The molecule has 9 heteroatoms. The molecule has 1 aliphatic heterocycles. The Labute approximate surface area is 180 Å². The average molecular weight is 432 g/mol. The number of hydrogen-bond acceptors (Lipinski definition) is 7. The SMILES string of the molecule is CNC(=O)NCOc1ccc(Cc2cccc([C@@H]3O[C@H](CO)C(O)[C@H](O)[C@H]3O)c2)cc1. The lowest BCUT2D eigenvalue weighted by Gasteiger charge is -2.40. The first-order valence-corrected chi connectivity index (χ1v) is 9.99. The summed E-state index contributed by atoms with van der Waals surface area (Å²) in [5.41, 5.74) is 2.64. The van der Waals surface area contributed by atoms with Crippen molar-refractivity contribution in [2.45, 2.75) is 36.9 Å². The molecule has 9 nitrogen and oxygen atoms in total. The Morgan fingerprint density at radius 2 is 1.77 bits per heavy atom. The van der Waals surface area contributed by atoms with Gasteiger partial charge in [-0.2, -0.15) is 0 Å². The van der Waals surface area contributed by atoms with Crippen molar-refractivity contribution in [2.24, 2.45) is 0 Å². The second-order valence-corrected chi connectivity index (χ2v) is 7.36. The van der Waals surface area contributed by atoms with Crippen molar-refractivity contribution < 1.29 is 34.7 Å². The Bertz CT molecular complexity index is 859. The van der Waals surface area contributed by atoms with Crippen molar-refractivity contribution in [2.75, 3.05) is 20.4 Å². The number of urea groups is 1. The summed E-state index contributed by atoms with van der Waals surface area (Å²) in [5, 5.41) is 44.7. The van der Waals surface area contributed by atoms with Gasteiger partial charge in [0.2, 0.25) is 0 Å². The molecular formula is C22H28N2O7. The Balaban J connectivity index is 1.65. The van der Waals surface area contributed by atoms with Gasteiger partial charge in [-0.1, -0.05) is 36.4 Å². The highest BCUT2D eigenvalue weighted by atomic mass is 16.5. The molecule has 0 aromatic heterocycles. The molecule has 1 unspecified atom stereocenters. The van der Waals surface area contributed by atoms with E-state index < -0.39 is 37.1 Å². The molecule has 31 heavy (non-hydrogen) atoms. The summed E-state index contributed by atoms with van der Waals surface area (Å²) < 4.78 is 11.1. The van der Waals surface area contributed by atoms with E-state index in [2.05, 4.69) is 10.6 Å². The Kier molecular flexibility index (Phi) is 7.83. The maximum Gasteiger partial charge on any atom is 0.317 e. The molecule has 6 N–H and O–H groups in total. The van der Waals surface area contributed by atoms with Crippen LogP contribution in [0.25, 0.3) is 0 Å². The van der Waals surface area contributed by atoms with Gasteiger partial charge in [-0.25, -0.2) is 4.79 Å². The van der Waals surface area contributed by atoms with E-state index in [9.17, 15) is 25.2 Å². The number of carbonyl (C=O) groups is 1. The molecule has 1 heterocycles. The van der Waals surface area contributed by atoms with Crippen LogP contribution in [0.1, 0.15) is 22.8 Å². The van der Waals surface area contributed by atoms with E-state index in [1.54, 1.807) is 6.07 Å². The van der Waals surface area contributed by atoms with Gasteiger partial charge >= 0.3 is 6.03 Å². The zero-order valence-electron chi connectivity index (χ0n) is 17.1. The van der Waals surface area contributed by atoms with E-state index in [4.69, 9.17) is 9.47 Å². The third-order valence-corrected chi connectivity index (χ3v) is 5.20. The van der Waals surface area contributed by atoms with Crippen LogP contribution in [0.2, 0.25) is 0 Å². The monoisotopic (exact) mass is 432 g/mol. The van der Waals surface area contributed by atoms with Crippen LogP contribution in [-0.2, 0) is 11.2 Å². The standard InChI is InChI=1S/C22H28N2O7/c1-23-22(29)24-12-30-16-7-5-13(6-8-16)9-14-3-2-4-15(10-14)21-20(28)19(27)18(26)17(11-25)31-21/h2-8,10,17-21,25-28H,9,11-12H2,1H3,(H2,23,24,29)/t17-,18?,19+,20-,21+/m1/s1. The zero-order valence-corrected chi connectivity index (χ0v) is 17.1. The molecule has 0 saturated carbocycles. The molecule has 0 bridgehead atoms. The Morgan fingerprint density at radius 3 is 2.45 bits per heavy atom. The predicted octanol–water partition coefficient (Wildman–Crippen LogP) is 0.0576. The quantitative estimate of drug-likeness (QED) is 0.340. The van der Waals surface area contributed by atoms with Crippen molar-refractivity contribution in [1.82, 2.24) is 10.6 Å². The molecule has 1 fully saturated rings. The van der Waals surface area contributed by atoms with Gasteiger partial charge in [-0.3, -0.25) is 0 Å². The summed E-state index contributed by atoms with van der Waals surface area (Å²) in [6.07, 6.45) is -5.30. The van der Waals surface area contributed by atoms with E-state index in [0.29, 0.717) is 17.7 Å². The smallest absolute Gasteiger partial charge is 0.317 e. The highest BCUT2D eigenvalue weighted by molar-refractivity contribution is 5.73. The zero-order chi connectivity index (χ0) is 22.4. The van der Waals surface area contributed by atoms with E-state index in [0.717, 1.165) is 11.1 Å². The van der Waals surface area contributed by atoms with Crippen molar-refractivity contribution in [3.05, 3.63) is 65.2 Å². The van der Waals surface area contributed by atoms with Crippen LogP contribution in [0.5, 0.6) is 5.75 Å². The van der Waals surface area contributed by atoms with Crippen molar-refractivity contribution >= 4 is 6.03 Å². The highest BCUT2D eigenvalue weighted by Gasteiger charge is 2.43. The number of benzene rings is 2. The third kappa shape index (κ3) is 5.72. The van der Waals surface area contributed by atoms with Gasteiger partial charge in [-0.15, -0.1) is 0 Å². The molecule has 3 rings (SSSR count). The van der Waals surface area contributed by atoms with E-state index in [1.165, 1.54) is 7.05 Å². The molecule has 2 amide bonds. The Morgan fingerprint density at radius 1 is 1.03 bits per heavy atom. The number of rotatable bonds is 7. The molecular weight excluding hydrogens is 404 g/mol. The summed E-state index contributed by atoms with van der Waals surface area (Å²) in [7, 11) is 1.52. The molecule has 168 valence electrons. The lowest BCUT2D eigenvalue weighted by atomic mass is 9.90. The minimum atomic E-state index is -1.41. The van der Waals surface area contributed by atoms with E-state index in [1.807, 2.05) is 42.5 Å². The summed E-state index contributed by atoms with van der Waals surface area (Å²) in [5.74, 6) is 0.621. The molecule has 5 atom stereocenters. The van der Waals surface area contributed by atoms with Crippen LogP contribution in [0.15, 0.2) is 48.5 Å². The molecule has 1 saturated heterocycles. The number of hydrogen-bond donors (Lipinski definition) is 6. The van der Waals surface area contributed by atoms with Gasteiger partial charge in [0, 0.05) is 7.05 Å². The fourth-order valence-electron chi connectivity index (χ4n) is 3.47. The molecule has 2 aromatic carbocycles. The van der Waals surface area contributed by atoms with Gasteiger partial charge in [0.15, 0.2) is 6.73 Å². The summed E-state index contributed by atoms with van der Waals surface area (Å²) in [4.78, 5) is 11.1. The number of ether oxygens (including phenoxy) is 2. The van der Waals surface area contributed by atoms with E-state index >= 15 is 0 Å². The lowest BCUT2D eigenvalue weighted by molar-refractivity contribution is -0.231. The summed E-state index contributed by atoms with van der Waals surface area (Å²) in [6.45, 7) is -0.408. The van der Waals surface area contributed by atoms with Crippen LogP contribution in [0.4, 0.5) is 4.79 Å². The molecule has 0 spiro atoms. The van der Waals surface area contributed by atoms with Crippen molar-refractivity contribution in [1.29, 1.82) is 0 Å². The first kappa shape index (κ1) is 23.0. The molecule has 0 aliphatic carbocycles. The minimum Gasteiger partial charge on any atom is -0.473 e. The topological polar surface area (TPSA) is 141 Å². The van der Waals surface area contributed by atoms with Crippen molar-refractivity contribution in [3.63, 3.8) is 0 Å². The van der Waals surface area contributed by atoms with Crippen LogP contribution in [0, 0.1) is 0 Å². The first-order chi connectivity index (χ1) is 14.9. The molecule has 0 radical (unpaired) electrons. The number of carbonyl (C=O) groups excluding carboxylic acids is 1. The predicted molar refractivity (Wildman–Crippen MR) is 111 cm³/mol. The fourth-order valence-corrected chi connectivity index (χ4v) is 3.47. The first-order valence-electron chi connectivity index (χ1n) is 9.99. The third-order valence-electron chi connectivity index (χ3n) is 5.20. The van der Waals surface area contributed by atoms with Crippen LogP contribution < -0.4 is 15.4 Å². The van der Waals surface area contributed by atoms with Gasteiger partial charge < -0.3 is 40.5 Å². The maximum atomic E-state index is 11.1. The fraction of sp³-hybridized carbons (Fsp3) is 0.409. The van der Waals surface area contributed by atoms with Gasteiger partial charge in [-0.05, 0) is 35.2 Å². The average Bonchev–Trinajstić information content (AvgIpc) is 2.79. The van der Waals surface area contributed by atoms with Crippen LogP contribution in [-0.4, -0.2) is 71.3 Å². The molecule has 1 aliphatic rings. The number of amides is 2. The maximum absolute atomic E-state index is 11.1. The van der Waals surface area contributed by atoms with Gasteiger partial charge in [0.1, 0.15) is 36.3 Å². The second-order valence-electron chi connectivity index (χ2n) is 7.36. The molecule has 2 aromatic rings. The van der Waals surface area contributed by atoms with Crippen LogP contribution >= 0.6 is 0 Å². The number of aliphatic hydroxyl groups is 4. The largest absolute Gasteiger partial charge is 0.473 e. The second kappa shape index (κ2) is 10.6. The Hall–Kier alpha value is -2.69. The van der Waals surface area contributed by atoms with Gasteiger partial charge in [0.05, 0.1) is 6.61 Å². The number of nitrogens with one attached hydrogen (secondary N) is 2. The van der Waals surface area contributed by atoms with E-state index in [-0.39, 0.29) is 12.8 Å². The van der Waals surface area contributed by atoms with Gasteiger partial charge in [0.25, 0.3) is 0 Å². The highest BCUT2D eigenvalue weighted by Crippen LogP contribution is 2.33. The summed E-state index contributed by atoms with van der Waals surface area (Å²) >= 11 is 0. The lowest BCUT2D eigenvalue weighted by Crippen LogP contribution is -2.55. The normalized spacial score (nSPS) is 25.6. The number of aliphatic hydroxyl groups excluding tert-OH is 4. The van der Waals surface area contributed by atoms with Crippen molar-refractivity contribution in [3.8, 4) is 5.75 Å². The van der Waals surface area contributed by atoms with Crippen LogP contribution in [0.3, 0.4) is 0 Å². The summed E-state index contributed by atoms with van der Waals surface area (Å²) in [6, 6.07) is 14.5.